The Bertz CT molecular complexity index is 355. The Morgan fingerprint density at radius 3 is 2.73 bits per heavy atom. The van der Waals surface area contributed by atoms with Gasteiger partial charge in [0.1, 0.15) is 12.4 Å². The third-order valence-corrected chi connectivity index (χ3v) is 2.32. The zero-order valence-corrected chi connectivity index (χ0v) is 10.2. The number of benzene rings is 1. The third-order valence-electron chi connectivity index (χ3n) is 1.69. The molecule has 0 aromatic heterocycles. The predicted molar refractivity (Wildman–Crippen MR) is 61.3 cm³/mol. The van der Waals surface area contributed by atoms with Crippen molar-refractivity contribution in [1.82, 2.24) is 0 Å². The number of aldehydes is 1. The fourth-order valence-electron chi connectivity index (χ4n) is 1.02. The van der Waals surface area contributed by atoms with Gasteiger partial charge in [-0.2, -0.15) is 0 Å². The number of carbonyl (C=O) groups is 1. The summed E-state index contributed by atoms with van der Waals surface area (Å²) in [6, 6.07) is 5.20. The molecule has 0 heterocycles. The number of hydrogen-bond acceptors (Lipinski definition) is 3. The molecule has 0 amide bonds. The van der Waals surface area contributed by atoms with E-state index >= 15 is 0 Å². The average Bonchev–Trinajstić information content (AvgIpc) is 2.14. The first kappa shape index (κ1) is 12.2. The lowest BCUT2D eigenvalue weighted by Crippen LogP contribution is -2.28. The van der Waals surface area contributed by atoms with Crippen molar-refractivity contribution in [3.8, 4) is 5.75 Å². The maximum atomic E-state index is 10.7. The maximum Gasteiger partial charge on any atom is 0.153 e. The van der Waals surface area contributed by atoms with Crippen molar-refractivity contribution in [3.63, 3.8) is 0 Å². The summed E-state index contributed by atoms with van der Waals surface area (Å²) in [6.07, 6.45) is 0.727. The summed E-state index contributed by atoms with van der Waals surface area (Å²) in [6.45, 7) is 3.42. The van der Waals surface area contributed by atoms with Crippen LogP contribution in [-0.4, -0.2) is 23.6 Å². The highest BCUT2D eigenvalue weighted by Crippen LogP contribution is 2.28. The molecule has 15 heavy (non-hydrogen) atoms. The van der Waals surface area contributed by atoms with Crippen molar-refractivity contribution >= 4 is 22.2 Å². The highest BCUT2D eigenvalue weighted by molar-refractivity contribution is 9.10. The lowest BCUT2D eigenvalue weighted by atomic mass is 10.1. The number of carbonyl (C=O) groups excluding carboxylic acids is 1. The lowest BCUT2D eigenvalue weighted by molar-refractivity contribution is 0.0279. The van der Waals surface area contributed by atoms with E-state index in [-0.39, 0.29) is 6.61 Å². The van der Waals surface area contributed by atoms with Crippen LogP contribution in [0.2, 0.25) is 0 Å². The number of aliphatic hydroxyl groups is 1. The highest BCUT2D eigenvalue weighted by Gasteiger charge is 2.16. The van der Waals surface area contributed by atoms with Crippen molar-refractivity contribution in [2.24, 2.45) is 0 Å². The van der Waals surface area contributed by atoms with Crippen LogP contribution in [0.1, 0.15) is 24.2 Å². The molecule has 0 bridgehead atoms. The minimum Gasteiger partial charge on any atom is -0.489 e. The van der Waals surface area contributed by atoms with Gasteiger partial charge in [0.05, 0.1) is 15.6 Å². The predicted octanol–water partition coefficient (Wildman–Crippen LogP) is 2.41. The summed E-state index contributed by atoms with van der Waals surface area (Å²) in [5.41, 5.74) is -0.455. The molecule has 0 saturated heterocycles. The van der Waals surface area contributed by atoms with Crippen molar-refractivity contribution in [2.45, 2.75) is 19.4 Å². The number of rotatable bonds is 4. The monoisotopic (exact) mass is 272 g/mol. The van der Waals surface area contributed by atoms with Crippen molar-refractivity contribution in [2.75, 3.05) is 6.61 Å². The zero-order valence-electron chi connectivity index (χ0n) is 8.66. The standard InChI is InChI=1S/C11H13BrO3/c1-11(2,14)7-15-10-8(6-13)4-3-5-9(10)12/h3-6,14H,7H2,1-2H3. The second kappa shape index (κ2) is 4.77. The average molecular weight is 273 g/mol. The Labute approximate surface area is 97.2 Å². The largest absolute Gasteiger partial charge is 0.489 e. The number of hydrogen-bond donors (Lipinski definition) is 1. The Morgan fingerprint density at radius 2 is 2.20 bits per heavy atom. The van der Waals surface area contributed by atoms with E-state index in [9.17, 15) is 9.90 Å². The minimum absolute atomic E-state index is 0.135. The van der Waals surface area contributed by atoms with E-state index in [1.54, 1.807) is 32.0 Å². The van der Waals surface area contributed by atoms with Crippen molar-refractivity contribution < 1.29 is 14.6 Å². The van der Waals surface area contributed by atoms with Crippen LogP contribution in [0, 0.1) is 0 Å². The maximum absolute atomic E-state index is 10.7. The van der Waals surface area contributed by atoms with Crippen LogP contribution in [-0.2, 0) is 0 Å². The summed E-state index contributed by atoms with van der Waals surface area (Å²) in [4.78, 5) is 10.7. The van der Waals surface area contributed by atoms with Crippen LogP contribution in [0.5, 0.6) is 5.75 Å². The molecule has 1 aromatic rings. The van der Waals surface area contributed by atoms with Gasteiger partial charge in [0.2, 0.25) is 0 Å². The first-order chi connectivity index (χ1) is 6.94. The van der Waals surface area contributed by atoms with E-state index in [4.69, 9.17) is 4.74 Å². The molecule has 0 fully saturated rings. The van der Waals surface area contributed by atoms with Gasteiger partial charge in [-0.3, -0.25) is 4.79 Å². The van der Waals surface area contributed by atoms with Gasteiger partial charge in [-0.1, -0.05) is 6.07 Å². The van der Waals surface area contributed by atoms with Gasteiger partial charge in [-0.15, -0.1) is 0 Å². The van der Waals surface area contributed by atoms with Gasteiger partial charge < -0.3 is 9.84 Å². The molecule has 0 atom stereocenters. The Morgan fingerprint density at radius 1 is 1.53 bits per heavy atom. The minimum atomic E-state index is -0.921. The molecule has 0 aliphatic rings. The molecule has 3 nitrogen and oxygen atoms in total. The van der Waals surface area contributed by atoms with Gasteiger partial charge in [-0.05, 0) is 41.9 Å². The molecule has 0 aliphatic heterocycles. The van der Waals surface area contributed by atoms with Gasteiger partial charge >= 0.3 is 0 Å². The van der Waals surface area contributed by atoms with Crippen molar-refractivity contribution in [1.29, 1.82) is 0 Å². The molecular formula is C11H13BrO3. The zero-order chi connectivity index (χ0) is 11.5. The molecule has 4 heteroatoms. The van der Waals surface area contributed by atoms with Crippen LogP contribution in [0.3, 0.4) is 0 Å². The fraction of sp³-hybridized carbons (Fsp3) is 0.364. The third kappa shape index (κ3) is 3.64. The van der Waals surface area contributed by atoms with Gasteiger partial charge in [0, 0.05) is 0 Å². The number of para-hydroxylation sites is 1. The first-order valence-electron chi connectivity index (χ1n) is 4.53. The molecule has 0 unspecified atom stereocenters. The molecule has 0 radical (unpaired) electrons. The lowest BCUT2D eigenvalue weighted by Gasteiger charge is -2.19. The Kier molecular flexibility index (Phi) is 3.88. The van der Waals surface area contributed by atoms with Crippen LogP contribution < -0.4 is 4.74 Å². The molecule has 1 aromatic carbocycles. The molecule has 0 saturated carbocycles. The molecule has 1 N–H and O–H groups in total. The SMILES string of the molecule is CC(C)(O)COc1c(Br)cccc1C=O. The van der Waals surface area contributed by atoms with E-state index in [0.717, 1.165) is 6.29 Å². The smallest absolute Gasteiger partial charge is 0.153 e. The molecule has 0 spiro atoms. The molecule has 0 aliphatic carbocycles. The van der Waals surface area contributed by atoms with E-state index < -0.39 is 5.60 Å². The fourth-order valence-corrected chi connectivity index (χ4v) is 1.52. The number of ether oxygens (including phenoxy) is 1. The van der Waals surface area contributed by atoms with Crippen LogP contribution in [0.25, 0.3) is 0 Å². The quantitative estimate of drug-likeness (QED) is 0.857. The van der Waals surface area contributed by atoms with Crippen LogP contribution in [0.15, 0.2) is 22.7 Å². The second-order valence-corrected chi connectivity index (χ2v) is 4.73. The Hall–Kier alpha value is -0.870. The highest BCUT2D eigenvalue weighted by atomic mass is 79.9. The van der Waals surface area contributed by atoms with Gasteiger partial charge in [-0.25, -0.2) is 0 Å². The summed E-state index contributed by atoms with van der Waals surface area (Å²) in [5.74, 6) is 0.467. The first-order valence-corrected chi connectivity index (χ1v) is 5.32. The molecule has 82 valence electrons. The van der Waals surface area contributed by atoms with Crippen LogP contribution in [0.4, 0.5) is 0 Å². The van der Waals surface area contributed by atoms with Gasteiger partial charge in [0.15, 0.2) is 6.29 Å². The van der Waals surface area contributed by atoms with E-state index in [1.807, 2.05) is 0 Å². The molecular weight excluding hydrogens is 260 g/mol. The number of halogens is 1. The van der Waals surface area contributed by atoms with E-state index in [0.29, 0.717) is 15.8 Å². The Balaban J connectivity index is 2.88. The van der Waals surface area contributed by atoms with E-state index in [2.05, 4.69) is 15.9 Å². The van der Waals surface area contributed by atoms with Crippen molar-refractivity contribution in [3.05, 3.63) is 28.2 Å². The molecule has 1 rings (SSSR count). The second-order valence-electron chi connectivity index (χ2n) is 3.88. The summed E-state index contributed by atoms with van der Waals surface area (Å²) < 4.78 is 6.10. The summed E-state index contributed by atoms with van der Waals surface area (Å²) in [7, 11) is 0. The van der Waals surface area contributed by atoms with Crippen LogP contribution >= 0.6 is 15.9 Å². The topological polar surface area (TPSA) is 46.5 Å². The summed E-state index contributed by atoms with van der Waals surface area (Å²) in [5, 5.41) is 9.50. The summed E-state index contributed by atoms with van der Waals surface area (Å²) >= 11 is 3.29. The normalized spacial score (nSPS) is 11.2. The van der Waals surface area contributed by atoms with E-state index in [1.165, 1.54) is 0 Å². The van der Waals surface area contributed by atoms with Gasteiger partial charge in [0.25, 0.3) is 0 Å².